The average molecular weight is 138 g/mol. The zero-order chi connectivity index (χ0) is 7.14. The Bertz CT molecular complexity index is 126. The fourth-order valence-electron chi connectivity index (χ4n) is 2.49. The third kappa shape index (κ3) is 1.09. The predicted molar refractivity (Wildman–Crippen MR) is 43.8 cm³/mol. The molecule has 2 rings (SSSR count). The molecule has 58 valence electrons. The lowest BCUT2D eigenvalue weighted by Crippen LogP contribution is -2.14. The van der Waals surface area contributed by atoms with Gasteiger partial charge in [0.2, 0.25) is 0 Å². The molecule has 0 aromatic heterocycles. The van der Waals surface area contributed by atoms with E-state index in [1.807, 2.05) is 0 Å². The van der Waals surface area contributed by atoms with Crippen molar-refractivity contribution in [3.63, 3.8) is 0 Å². The summed E-state index contributed by atoms with van der Waals surface area (Å²) in [5, 5.41) is 0. The Hall–Kier alpha value is 0. The first-order valence-electron chi connectivity index (χ1n) is 4.77. The molecule has 0 bridgehead atoms. The van der Waals surface area contributed by atoms with E-state index in [-0.39, 0.29) is 0 Å². The van der Waals surface area contributed by atoms with E-state index in [9.17, 15) is 0 Å². The zero-order valence-electron chi connectivity index (χ0n) is 7.14. The molecule has 0 aromatic rings. The van der Waals surface area contributed by atoms with Crippen molar-refractivity contribution in [3.8, 4) is 0 Å². The first-order chi connectivity index (χ1) is 4.77. The molecule has 0 amide bonds. The highest BCUT2D eigenvalue weighted by molar-refractivity contribution is 4.92. The van der Waals surface area contributed by atoms with Gasteiger partial charge in [0.25, 0.3) is 0 Å². The summed E-state index contributed by atoms with van der Waals surface area (Å²) >= 11 is 0. The van der Waals surface area contributed by atoms with Crippen LogP contribution < -0.4 is 0 Å². The SMILES string of the molecule is CC(C)[C@H]1CCC2CC2C1. The van der Waals surface area contributed by atoms with E-state index in [0.717, 1.165) is 11.8 Å². The minimum Gasteiger partial charge on any atom is -0.0625 e. The molecule has 2 aliphatic carbocycles. The van der Waals surface area contributed by atoms with Gasteiger partial charge in [-0.05, 0) is 49.4 Å². The van der Waals surface area contributed by atoms with E-state index in [0.29, 0.717) is 0 Å². The molecule has 10 heavy (non-hydrogen) atoms. The van der Waals surface area contributed by atoms with Crippen molar-refractivity contribution >= 4 is 0 Å². The van der Waals surface area contributed by atoms with Crippen LogP contribution in [0.4, 0.5) is 0 Å². The number of rotatable bonds is 1. The fourth-order valence-corrected chi connectivity index (χ4v) is 2.49. The molecule has 2 aliphatic rings. The van der Waals surface area contributed by atoms with Crippen LogP contribution in [0, 0.1) is 23.7 Å². The molecule has 0 aromatic carbocycles. The average Bonchev–Trinajstić information content (AvgIpc) is 2.63. The van der Waals surface area contributed by atoms with Gasteiger partial charge in [0, 0.05) is 0 Å². The second kappa shape index (κ2) is 2.25. The Morgan fingerprint density at radius 2 is 1.80 bits per heavy atom. The predicted octanol–water partition coefficient (Wildman–Crippen LogP) is 3.08. The van der Waals surface area contributed by atoms with E-state index in [4.69, 9.17) is 0 Å². The Labute approximate surface area is 64.0 Å². The van der Waals surface area contributed by atoms with E-state index >= 15 is 0 Å². The topological polar surface area (TPSA) is 0 Å². The lowest BCUT2D eigenvalue weighted by Gasteiger charge is -2.24. The van der Waals surface area contributed by atoms with Gasteiger partial charge in [-0.2, -0.15) is 0 Å². The van der Waals surface area contributed by atoms with Gasteiger partial charge in [0.15, 0.2) is 0 Å². The standard InChI is InChI=1S/C10H18/c1-7(2)8-3-4-9-6-10(9)5-8/h7-10H,3-6H2,1-2H3/t8-,9?,10?/m0/s1. The van der Waals surface area contributed by atoms with Gasteiger partial charge >= 0.3 is 0 Å². The van der Waals surface area contributed by atoms with Crippen LogP contribution in [-0.4, -0.2) is 0 Å². The van der Waals surface area contributed by atoms with Gasteiger partial charge in [-0.15, -0.1) is 0 Å². The summed E-state index contributed by atoms with van der Waals surface area (Å²) in [7, 11) is 0. The summed E-state index contributed by atoms with van der Waals surface area (Å²) in [6, 6.07) is 0. The second-order valence-corrected chi connectivity index (χ2v) is 4.57. The van der Waals surface area contributed by atoms with Crippen molar-refractivity contribution < 1.29 is 0 Å². The van der Waals surface area contributed by atoms with Gasteiger partial charge in [0.05, 0.1) is 0 Å². The van der Waals surface area contributed by atoms with Gasteiger partial charge in [-0.1, -0.05) is 13.8 Å². The molecule has 2 unspecified atom stereocenters. The molecular weight excluding hydrogens is 120 g/mol. The number of hydrogen-bond acceptors (Lipinski definition) is 0. The molecule has 3 atom stereocenters. The maximum Gasteiger partial charge on any atom is -0.0380 e. The van der Waals surface area contributed by atoms with Crippen LogP contribution >= 0.6 is 0 Å². The van der Waals surface area contributed by atoms with Gasteiger partial charge in [0.1, 0.15) is 0 Å². The minimum atomic E-state index is 0.946. The highest BCUT2D eigenvalue weighted by Gasteiger charge is 2.42. The Kier molecular flexibility index (Phi) is 1.51. The molecule has 0 nitrogen and oxygen atoms in total. The Morgan fingerprint density at radius 3 is 2.40 bits per heavy atom. The third-order valence-corrected chi connectivity index (χ3v) is 3.53. The quantitative estimate of drug-likeness (QED) is 0.522. The van der Waals surface area contributed by atoms with E-state index < -0.39 is 0 Å². The van der Waals surface area contributed by atoms with E-state index in [1.165, 1.54) is 18.3 Å². The van der Waals surface area contributed by atoms with Crippen molar-refractivity contribution in [2.24, 2.45) is 23.7 Å². The van der Waals surface area contributed by atoms with Crippen LogP contribution in [0.1, 0.15) is 39.5 Å². The van der Waals surface area contributed by atoms with Gasteiger partial charge < -0.3 is 0 Å². The van der Waals surface area contributed by atoms with Crippen molar-refractivity contribution in [1.82, 2.24) is 0 Å². The van der Waals surface area contributed by atoms with Crippen molar-refractivity contribution in [2.45, 2.75) is 39.5 Å². The van der Waals surface area contributed by atoms with Gasteiger partial charge in [-0.3, -0.25) is 0 Å². The summed E-state index contributed by atoms with van der Waals surface area (Å²) in [6.45, 7) is 4.76. The summed E-state index contributed by atoms with van der Waals surface area (Å²) in [5.74, 6) is 4.36. The molecule has 0 heteroatoms. The maximum atomic E-state index is 2.38. The molecule has 2 fully saturated rings. The highest BCUT2D eigenvalue weighted by Crippen LogP contribution is 2.52. The molecule has 0 N–H and O–H groups in total. The van der Waals surface area contributed by atoms with Crippen molar-refractivity contribution in [1.29, 1.82) is 0 Å². The lowest BCUT2D eigenvalue weighted by atomic mass is 9.82. The molecule has 0 radical (unpaired) electrons. The highest BCUT2D eigenvalue weighted by atomic mass is 14.5. The second-order valence-electron chi connectivity index (χ2n) is 4.57. The van der Waals surface area contributed by atoms with Gasteiger partial charge in [-0.25, -0.2) is 0 Å². The van der Waals surface area contributed by atoms with Crippen molar-refractivity contribution in [3.05, 3.63) is 0 Å². The first kappa shape index (κ1) is 6.69. The first-order valence-corrected chi connectivity index (χ1v) is 4.77. The van der Waals surface area contributed by atoms with Crippen LogP contribution in [0.25, 0.3) is 0 Å². The minimum absolute atomic E-state index is 0.946. The summed E-state index contributed by atoms with van der Waals surface area (Å²) < 4.78 is 0. The molecule has 0 saturated heterocycles. The molecule has 0 aliphatic heterocycles. The monoisotopic (exact) mass is 138 g/mol. The van der Waals surface area contributed by atoms with Crippen LogP contribution in [0.3, 0.4) is 0 Å². The van der Waals surface area contributed by atoms with E-state index in [2.05, 4.69) is 13.8 Å². The van der Waals surface area contributed by atoms with Crippen molar-refractivity contribution in [2.75, 3.05) is 0 Å². The normalized spacial score (nSPS) is 45.3. The Morgan fingerprint density at radius 1 is 1.00 bits per heavy atom. The smallest absolute Gasteiger partial charge is 0.0380 e. The Balaban J connectivity index is 1.88. The van der Waals surface area contributed by atoms with Crippen LogP contribution in [0.15, 0.2) is 0 Å². The number of fused-ring (bicyclic) bond motifs is 1. The largest absolute Gasteiger partial charge is 0.0625 e. The van der Waals surface area contributed by atoms with Crippen LogP contribution in [0.5, 0.6) is 0 Å². The van der Waals surface area contributed by atoms with Crippen LogP contribution in [0.2, 0.25) is 0 Å². The lowest BCUT2D eigenvalue weighted by molar-refractivity contribution is 0.269. The van der Waals surface area contributed by atoms with Crippen LogP contribution in [-0.2, 0) is 0 Å². The summed E-state index contributed by atoms with van der Waals surface area (Å²) in [6.07, 6.45) is 6.21. The third-order valence-electron chi connectivity index (χ3n) is 3.53. The maximum absolute atomic E-state index is 2.38. The molecule has 0 heterocycles. The number of hydrogen-bond donors (Lipinski definition) is 0. The fraction of sp³-hybridized carbons (Fsp3) is 1.00. The molecule has 2 saturated carbocycles. The molecular formula is C10H18. The summed E-state index contributed by atoms with van der Waals surface area (Å²) in [4.78, 5) is 0. The van der Waals surface area contributed by atoms with E-state index in [1.54, 1.807) is 19.3 Å². The zero-order valence-corrected chi connectivity index (χ0v) is 7.14. The molecule has 0 spiro atoms. The summed E-state index contributed by atoms with van der Waals surface area (Å²) in [5.41, 5.74) is 0.